The van der Waals surface area contributed by atoms with Crippen molar-refractivity contribution in [3.63, 3.8) is 0 Å². The van der Waals surface area contributed by atoms with Gasteiger partial charge in [-0.1, -0.05) is 29.8 Å². The number of morpholine rings is 1. The van der Waals surface area contributed by atoms with E-state index in [9.17, 15) is 4.39 Å². The number of hydrogen-bond acceptors (Lipinski definition) is 4. The van der Waals surface area contributed by atoms with Gasteiger partial charge in [0.15, 0.2) is 5.11 Å². The topological polar surface area (TPSA) is 40.9 Å². The molecule has 1 saturated heterocycles. The number of rotatable bonds is 7. The molecule has 0 aliphatic carbocycles. The number of hydrogen-bond donors (Lipinski definition) is 1. The van der Waals surface area contributed by atoms with Crippen LogP contribution >= 0.6 is 23.8 Å². The number of halogens is 2. The van der Waals surface area contributed by atoms with Crippen LogP contribution in [0.4, 0.5) is 10.1 Å². The van der Waals surface area contributed by atoms with E-state index in [1.165, 1.54) is 6.07 Å². The molecule has 0 radical (unpaired) electrons. The SMILES string of the molecule is C[C@H](c1cc2ccccc2o1)N(CCCN1CCOCC1)C(=S)Nc1ccc(F)c(Cl)c1. The quantitative estimate of drug-likeness (QED) is 0.441. The molecular weight excluding hydrogens is 449 g/mol. The van der Waals surface area contributed by atoms with Crippen LogP contribution < -0.4 is 5.32 Å². The van der Waals surface area contributed by atoms with E-state index in [2.05, 4.69) is 28.1 Å². The van der Waals surface area contributed by atoms with Gasteiger partial charge in [-0.15, -0.1) is 0 Å². The van der Waals surface area contributed by atoms with Gasteiger partial charge in [0.25, 0.3) is 0 Å². The third-order valence-corrected chi connectivity index (χ3v) is 6.36. The molecule has 4 rings (SSSR count). The Morgan fingerprint density at radius 2 is 2.00 bits per heavy atom. The number of benzene rings is 2. The summed E-state index contributed by atoms with van der Waals surface area (Å²) in [5, 5.41) is 4.88. The Labute approximate surface area is 198 Å². The summed E-state index contributed by atoms with van der Waals surface area (Å²) in [6.07, 6.45) is 0.941. The van der Waals surface area contributed by atoms with Crippen LogP contribution in [0, 0.1) is 5.82 Å². The second-order valence-electron chi connectivity index (χ2n) is 7.92. The van der Waals surface area contributed by atoms with Crippen LogP contribution in [-0.2, 0) is 4.74 Å². The second-order valence-corrected chi connectivity index (χ2v) is 8.72. The standard InChI is InChI=1S/C24H27ClFN3O2S/c1-17(23-15-18-5-2-3-6-22(18)31-23)29(10-4-9-28-11-13-30-14-12-28)24(32)27-19-7-8-21(26)20(25)16-19/h2-3,5-8,15-17H,4,9-14H2,1H3,(H,27,32)/t17-/m1/s1. The molecule has 32 heavy (non-hydrogen) atoms. The first-order chi connectivity index (χ1) is 15.5. The van der Waals surface area contributed by atoms with Crippen molar-refractivity contribution < 1.29 is 13.5 Å². The van der Waals surface area contributed by atoms with Gasteiger partial charge in [-0.3, -0.25) is 4.90 Å². The highest BCUT2D eigenvalue weighted by Crippen LogP contribution is 2.28. The van der Waals surface area contributed by atoms with Crippen LogP contribution in [0.3, 0.4) is 0 Å². The predicted molar refractivity (Wildman–Crippen MR) is 131 cm³/mol. The maximum Gasteiger partial charge on any atom is 0.174 e. The minimum absolute atomic E-state index is 0.0574. The zero-order valence-corrected chi connectivity index (χ0v) is 19.6. The van der Waals surface area contributed by atoms with Gasteiger partial charge in [-0.05, 0) is 55.9 Å². The molecule has 0 spiro atoms. The molecule has 0 bridgehead atoms. The second kappa shape index (κ2) is 10.6. The number of thiocarbonyl (C=S) groups is 1. The van der Waals surface area contributed by atoms with E-state index in [1.54, 1.807) is 12.1 Å². The van der Waals surface area contributed by atoms with Crippen LogP contribution in [0.2, 0.25) is 5.02 Å². The number of furan rings is 1. The van der Waals surface area contributed by atoms with Crippen molar-refractivity contribution in [1.82, 2.24) is 9.80 Å². The lowest BCUT2D eigenvalue weighted by Gasteiger charge is -2.32. The fraction of sp³-hybridized carbons (Fsp3) is 0.375. The fourth-order valence-corrected chi connectivity index (χ4v) is 4.44. The first kappa shape index (κ1) is 23.0. The van der Waals surface area contributed by atoms with Crippen LogP contribution in [0.15, 0.2) is 52.9 Å². The molecule has 0 unspecified atom stereocenters. The molecule has 1 aliphatic heterocycles. The van der Waals surface area contributed by atoms with Crippen LogP contribution in [0.5, 0.6) is 0 Å². The number of ether oxygens (including phenoxy) is 1. The summed E-state index contributed by atoms with van der Waals surface area (Å²) < 4.78 is 25.1. The van der Waals surface area contributed by atoms with Crippen molar-refractivity contribution in [1.29, 1.82) is 0 Å². The number of anilines is 1. The van der Waals surface area contributed by atoms with Gasteiger partial charge < -0.3 is 19.4 Å². The monoisotopic (exact) mass is 475 g/mol. The molecule has 0 saturated carbocycles. The Morgan fingerprint density at radius 3 is 2.75 bits per heavy atom. The molecule has 1 N–H and O–H groups in total. The Balaban J connectivity index is 1.50. The molecule has 170 valence electrons. The van der Waals surface area contributed by atoms with Crippen LogP contribution in [-0.4, -0.2) is 54.3 Å². The molecule has 1 aliphatic rings. The van der Waals surface area contributed by atoms with Gasteiger partial charge in [0, 0.05) is 37.3 Å². The average molecular weight is 476 g/mol. The highest BCUT2D eigenvalue weighted by molar-refractivity contribution is 7.80. The van der Waals surface area contributed by atoms with E-state index in [0.29, 0.717) is 10.8 Å². The Kier molecular flexibility index (Phi) is 7.63. The normalized spacial score (nSPS) is 15.6. The van der Waals surface area contributed by atoms with E-state index in [1.807, 2.05) is 24.3 Å². The maximum absolute atomic E-state index is 13.6. The minimum Gasteiger partial charge on any atom is -0.459 e. The predicted octanol–water partition coefficient (Wildman–Crippen LogP) is 5.71. The fourth-order valence-electron chi connectivity index (χ4n) is 3.89. The summed E-state index contributed by atoms with van der Waals surface area (Å²) in [7, 11) is 0. The Bertz CT molecular complexity index is 1040. The molecule has 3 aromatic rings. The van der Waals surface area contributed by atoms with Gasteiger partial charge in [-0.2, -0.15) is 0 Å². The van der Waals surface area contributed by atoms with Crippen molar-refractivity contribution in [2.45, 2.75) is 19.4 Å². The Hall–Kier alpha value is -2.19. The minimum atomic E-state index is -0.457. The highest BCUT2D eigenvalue weighted by atomic mass is 35.5. The van der Waals surface area contributed by atoms with E-state index in [0.717, 1.165) is 62.5 Å². The van der Waals surface area contributed by atoms with Crippen molar-refractivity contribution in [3.05, 3.63) is 65.1 Å². The molecule has 2 heterocycles. The number of nitrogens with zero attached hydrogens (tertiary/aromatic N) is 2. The molecule has 1 atom stereocenters. The maximum atomic E-state index is 13.6. The van der Waals surface area contributed by atoms with E-state index in [-0.39, 0.29) is 11.1 Å². The lowest BCUT2D eigenvalue weighted by Crippen LogP contribution is -2.41. The van der Waals surface area contributed by atoms with E-state index >= 15 is 0 Å². The van der Waals surface area contributed by atoms with E-state index in [4.69, 9.17) is 33.0 Å². The zero-order valence-electron chi connectivity index (χ0n) is 18.0. The summed E-state index contributed by atoms with van der Waals surface area (Å²) in [6.45, 7) is 7.27. The summed E-state index contributed by atoms with van der Waals surface area (Å²) in [6, 6.07) is 14.4. The third-order valence-electron chi connectivity index (χ3n) is 5.73. The zero-order chi connectivity index (χ0) is 22.5. The highest BCUT2D eigenvalue weighted by Gasteiger charge is 2.23. The first-order valence-corrected chi connectivity index (χ1v) is 11.6. The number of para-hydroxylation sites is 1. The van der Waals surface area contributed by atoms with Gasteiger partial charge in [0.2, 0.25) is 0 Å². The van der Waals surface area contributed by atoms with Crippen molar-refractivity contribution in [2.75, 3.05) is 44.7 Å². The molecule has 8 heteroatoms. The smallest absolute Gasteiger partial charge is 0.174 e. The summed E-state index contributed by atoms with van der Waals surface area (Å²) in [4.78, 5) is 4.52. The molecule has 1 aromatic heterocycles. The first-order valence-electron chi connectivity index (χ1n) is 10.8. The van der Waals surface area contributed by atoms with Gasteiger partial charge in [0.1, 0.15) is 17.2 Å². The number of nitrogens with one attached hydrogen (secondary N) is 1. The van der Waals surface area contributed by atoms with Crippen LogP contribution in [0.25, 0.3) is 11.0 Å². The van der Waals surface area contributed by atoms with Crippen LogP contribution in [0.1, 0.15) is 25.1 Å². The van der Waals surface area contributed by atoms with Gasteiger partial charge in [-0.25, -0.2) is 4.39 Å². The van der Waals surface area contributed by atoms with Crippen molar-refractivity contribution >= 4 is 45.6 Å². The summed E-state index contributed by atoms with van der Waals surface area (Å²) in [5.74, 6) is 0.389. The lowest BCUT2D eigenvalue weighted by atomic mass is 10.2. The van der Waals surface area contributed by atoms with E-state index < -0.39 is 5.82 Å². The molecule has 1 fully saturated rings. The molecule has 0 amide bonds. The lowest BCUT2D eigenvalue weighted by molar-refractivity contribution is 0.0365. The molecular formula is C24H27ClFN3O2S. The summed E-state index contributed by atoms with van der Waals surface area (Å²) >= 11 is 11.7. The third kappa shape index (κ3) is 5.59. The average Bonchev–Trinajstić information content (AvgIpc) is 3.24. The Morgan fingerprint density at radius 1 is 1.22 bits per heavy atom. The largest absolute Gasteiger partial charge is 0.459 e. The van der Waals surface area contributed by atoms with Crippen molar-refractivity contribution in [3.8, 4) is 0 Å². The number of fused-ring (bicyclic) bond motifs is 1. The van der Waals surface area contributed by atoms with Crippen molar-refractivity contribution in [2.24, 2.45) is 0 Å². The molecule has 5 nitrogen and oxygen atoms in total. The van der Waals surface area contributed by atoms with Gasteiger partial charge in [0.05, 0.1) is 24.3 Å². The summed E-state index contributed by atoms with van der Waals surface area (Å²) in [5.41, 5.74) is 1.50. The molecule has 2 aromatic carbocycles. The van der Waals surface area contributed by atoms with Gasteiger partial charge >= 0.3 is 0 Å².